The van der Waals surface area contributed by atoms with Crippen molar-refractivity contribution in [1.29, 1.82) is 0 Å². The van der Waals surface area contributed by atoms with Crippen LogP contribution in [-0.2, 0) is 0 Å². The number of benzene rings is 1. The fraction of sp³-hybridized carbons (Fsp3) is 0.571. The van der Waals surface area contributed by atoms with E-state index < -0.39 is 0 Å². The van der Waals surface area contributed by atoms with Crippen LogP contribution in [0.25, 0.3) is 0 Å². The minimum atomic E-state index is 0.322. The number of hydrogen-bond acceptors (Lipinski definition) is 1. The van der Waals surface area contributed by atoms with Gasteiger partial charge in [-0.25, -0.2) is 0 Å². The molecule has 1 nitrogen and oxygen atoms in total. The molecule has 1 fully saturated rings. The van der Waals surface area contributed by atoms with Crippen LogP contribution in [0.4, 0.5) is 0 Å². The van der Waals surface area contributed by atoms with Crippen molar-refractivity contribution in [2.45, 2.75) is 45.4 Å². The normalized spacial score (nSPS) is 17.4. The van der Waals surface area contributed by atoms with Crippen LogP contribution >= 0.6 is 0 Å². The van der Waals surface area contributed by atoms with E-state index in [4.69, 9.17) is 5.11 Å². The maximum atomic E-state index is 8.63. The first-order chi connectivity index (χ1) is 7.29. The predicted molar refractivity (Wildman–Crippen MR) is 65.0 cm³/mol. The van der Waals surface area contributed by atoms with E-state index in [0.717, 1.165) is 5.92 Å². The van der Waals surface area contributed by atoms with Crippen molar-refractivity contribution in [3.63, 3.8) is 0 Å². The summed E-state index contributed by atoms with van der Waals surface area (Å²) in [5.41, 5.74) is 0. The smallest absolute Gasteiger partial charge is 0.115 e. The summed E-state index contributed by atoms with van der Waals surface area (Å²) >= 11 is 0. The SMILES string of the molecule is CC1CCCCCC1.Oc1ccccc1. The zero-order valence-electron chi connectivity index (χ0n) is 9.65. The Bertz CT molecular complexity index is 235. The van der Waals surface area contributed by atoms with E-state index in [0.29, 0.717) is 5.75 Å². The number of phenolic OH excluding ortho intramolecular Hbond substituents is 1. The highest BCUT2D eigenvalue weighted by molar-refractivity contribution is 5.18. The topological polar surface area (TPSA) is 20.2 Å². The molecule has 1 aromatic rings. The van der Waals surface area contributed by atoms with E-state index in [-0.39, 0.29) is 0 Å². The quantitative estimate of drug-likeness (QED) is 0.625. The molecule has 1 aliphatic carbocycles. The summed E-state index contributed by atoms with van der Waals surface area (Å²) in [5, 5.41) is 8.63. The molecule has 2 rings (SSSR count). The third-order valence-electron chi connectivity index (χ3n) is 2.90. The molecule has 15 heavy (non-hydrogen) atoms. The maximum Gasteiger partial charge on any atom is 0.115 e. The van der Waals surface area contributed by atoms with Gasteiger partial charge in [0.1, 0.15) is 5.75 Å². The molecule has 0 radical (unpaired) electrons. The van der Waals surface area contributed by atoms with Crippen LogP contribution in [0.15, 0.2) is 30.3 Å². The summed E-state index contributed by atoms with van der Waals surface area (Å²) in [4.78, 5) is 0. The first kappa shape index (κ1) is 12.1. The Balaban J connectivity index is 0.000000151. The molecule has 0 unspecified atom stereocenters. The van der Waals surface area contributed by atoms with Crippen LogP contribution in [0.5, 0.6) is 5.75 Å². The van der Waals surface area contributed by atoms with Gasteiger partial charge < -0.3 is 5.11 Å². The molecule has 0 saturated heterocycles. The molecule has 1 heteroatoms. The Labute approximate surface area is 93.1 Å². The average molecular weight is 206 g/mol. The lowest BCUT2D eigenvalue weighted by Gasteiger charge is -2.02. The van der Waals surface area contributed by atoms with Crippen molar-refractivity contribution in [3.8, 4) is 5.75 Å². The minimum absolute atomic E-state index is 0.322. The molecule has 0 atom stereocenters. The van der Waals surface area contributed by atoms with Crippen LogP contribution in [0, 0.1) is 5.92 Å². The second kappa shape index (κ2) is 7.33. The zero-order valence-corrected chi connectivity index (χ0v) is 9.65. The van der Waals surface area contributed by atoms with Gasteiger partial charge in [-0.3, -0.25) is 0 Å². The number of aromatic hydroxyl groups is 1. The monoisotopic (exact) mass is 206 g/mol. The van der Waals surface area contributed by atoms with Crippen molar-refractivity contribution in [2.75, 3.05) is 0 Å². The minimum Gasteiger partial charge on any atom is -0.508 e. The number of rotatable bonds is 0. The summed E-state index contributed by atoms with van der Waals surface area (Å²) in [6, 6.07) is 8.71. The van der Waals surface area contributed by atoms with Crippen molar-refractivity contribution >= 4 is 0 Å². The van der Waals surface area contributed by atoms with Crippen LogP contribution in [-0.4, -0.2) is 5.11 Å². The summed E-state index contributed by atoms with van der Waals surface area (Å²) in [6.07, 6.45) is 8.93. The summed E-state index contributed by atoms with van der Waals surface area (Å²) in [5.74, 6) is 1.35. The Morgan fingerprint density at radius 1 is 0.933 bits per heavy atom. The molecule has 0 spiro atoms. The van der Waals surface area contributed by atoms with Gasteiger partial charge in [-0.15, -0.1) is 0 Å². The first-order valence-corrected chi connectivity index (χ1v) is 6.03. The lowest BCUT2D eigenvalue weighted by atomic mass is 10.0. The average Bonchev–Trinajstić information content (AvgIpc) is 2.48. The molecule has 1 N–H and O–H groups in total. The predicted octanol–water partition coefficient (Wildman–Crippen LogP) is 4.37. The van der Waals surface area contributed by atoms with Gasteiger partial charge in [-0.1, -0.05) is 63.6 Å². The maximum absolute atomic E-state index is 8.63. The molecule has 0 bridgehead atoms. The van der Waals surface area contributed by atoms with Crippen molar-refractivity contribution in [1.82, 2.24) is 0 Å². The first-order valence-electron chi connectivity index (χ1n) is 6.03. The van der Waals surface area contributed by atoms with Gasteiger partial charge in [-0.05, 0) is 18.1 Å². The molecule has 1 aliphatic rings. The Morgan fingerprint density at radius 3 is 1.87 bits per heavy atom. The largest absolute Gasteiger partial charge is 0.508 e. The molecule has 0 aromatic heterocycles. The van der Waals surface area contributed by atoms with E-state index in [1.54, 1.807) is 24.3 Å². The molecular weight excluding hydrogens is 184 g/mol. The third kappa shape index (κ3) is 6.16. The lowest BCUT2D eigenvalue weighted by Crippen LogP contribution is -1.88. The van der Waals surface area contributed by atoms with Gasteiger partial charge in [0.2, 0.25) is 0 Å². The highest BCUT2D eigenvalue weighted by atomic mass is 16.3. The van der Waals surface area contributed by atoms with Gasteiger partial charge in [0.25, 0.3) is 0 Å². The third-order valence-corrected chi connectivity index (χ3v) is 2.90. The number of para-hydroxylation sites is 1. The Kier molecular flexibility index (Phi) is 5.91. The summed E-state index contributed by atoms with van der Waals surface area (Å²) in [7, 11) is 0. The highest BCUT2D eigenvalue weighted by Gasteiger charge is 2.05. The zero-order chi connectivity index (χ0) is 10.9. The standard InChI is InChI=1S/C8H16.C6H6O/c1-8-6-4-2-3-5-7-8;7-6-4-2-1-3-5-6/h8H,2-7H2,1H3;1-5,7H. The number of phenols is 1. The van der Waals surface area contributed by atoms with Gasteiger partial charge in [-0.2, -0.15) is 0 Å². The lowest BCUT2D eigenvalue weighted by molar-refractivity contribution is 0.475. The molecule has 1 aromatic carbocycles. The van der Waals surface area contributed by atoms with E-state index in [9.17, 15) is 0 Å². The summed E-state index contributed by atoms with van der Waals surface area (Å²) < 4.78 is 0. The Hall–Kier alpha value is -0.980. The fourth-order valence-electron chi connectivity index (χ4n) is 1.91. The Morgan fingerprint density at radius 2 is 1.47 bits per heavy atom. The highest BCUT2D eigenvalue weighted by Crippen LogP contribution is 2.21. The molecular formula is C14H22O. The van der Waals surface area contributed by atoms with Crippen LogP contribution in [0.1, 0.15) is 45.4 Å². The molecule has 84 valence electrons. The molecule has 0 amide bonds. The van der Waals surface area contributed by atoms with Crippen LogP contribution < -0.4 is 0 Å². The van der Waals surface area contributed by atoms with E-state index >= 15 is 0 Å². The van der Waals surface area contributed by atoms with E-state index in [1.165, 1.54) is 38.5 Å². The van der Waals surface area contributed by atoms with Gasteiger partial charge in [0.15, 0.2) is 0 Å². The van der Waals surface area contributed by atoms with Crippen LogP contribution in [0.3, 0.4) is 0 Å². The van der Waals surface area contributed by atoms with E-state index in [2.05, 4.69) is 6.92 Å². The number of hydrogen-bond donors (Lipinski definition) is 1. The second-order valence-electron chi connectivity index (χ2n) is 4.43. The van der Waals surface area contributed by atoms with Crippen molar-refractivity contribution in [3.05, 3.63) is 30.3 Å². The summed E-state index contributed by atoms with van der Waals surface area (Å²) in [6.45, 7) is 2.38. The van der Waals surface area contributed by atoms with Gasteiger partial charge in [0, 0.05) is 0 Å². The molecule has 0 heterocycles. The molecule has 0 aliphatic heterocycles. The van der Waals surface area contributed by atoms with Crippen molar-refractivity contribution < 1.29 is 5.11 Å². The van der Waals surface area contributed by atoms with Crippen LogP contribution in [0.2, 0.25) is 0 Å². The van der Waals surface area contributed by atoms with Gasteiger partial charge in [0.05, 0.1) is 0 Å². The molecule has 1 saturated carbocycles. The fourth-order valence-corrected chi connectivity index (χ4v) is 1.91. The van der Waals surface area contributed by atoms with Gasteiger partial charge >= 0.3 is 0 Å². The second-order valence-corrected chi connectivity index (χ2v) is 4.43. The van der Waals surface area contributed by atoms with Crippen molar-refractivity contribution in [2.24, 2.45) is 5.92 Å². The van der Waals surface area contributed by atoms with E-state index in [1.807, 2.05) is 6.07 Å².